The Morgan fingerprint density at radius 1 is 0.651 bits per heavy atom. The van der Waals surface area contributed by atoms with E-state index in [-0.39, 0.29) is 5.41 Å². The Balaban J connectivity index is 1.30. The average molecular weight is 590 g/mol. The van der Waals surface area contributed by atoms with Crippen LogP contribution in [0.5, 0.6) is 5.75 Å². The first-order valence-corrected chi connectivity index (χ1v) is 15.3. The Labute approximate surface area is 254 Å². The summed E-state index contributed by atoms with van der Waals surface area (Å²) in [6, 6.07) is 19.1. The summed E-state index contributed by atoms with van der Waals surface area (Å²) in [5, 5.41) is 2.18. The second-order valence-corrected chi connectivity index (χ2v) is 11.6. The van der Waals surface area contributed by atoms with Gasteiger partial charge in [-0.15, -0.1) is 0 Å². The number of likely N-dealkylation sites (N-methyl/N-ethyl adjacent to an activating group) is 1. The molecule has 1 saturated heterocycles. The Morgan fingerprint density at radius 2 is 1.19 bits per heavy atom. The number of rotatable bonds is 1. The van der Waals surface area contributed by atoms with Crippen molar-refractivity contribution in [3.8, 4) is 5.75 Å². The number of para-hydroxylation sites is 1. The Morgan fingerprint density at radius 3 is 1.79 bits per heavy atom. The maximum Gasteiger partial charge on any atom is 0.228 e. The highest BCUT2D eigenvalue weighted by Crippen LogP contribution is 2.55. The first kappa shape index (κ1) is 29.8. The minimum Gasteiger partial charge on any atom is -0.459 e. The van der Waals surface area contributed by atoms with E-state index < -0.39 is 5.72 Å². The molecule has 9 nitrogen and oxygen atoms in total. The van der Waals surface area contributed by atoms with Gasteiger partial charge in [-0.3, -0.25) is 4.99 Å². The number of hydrogen-bond donors (Lipinski definition) is 0. The molecule has 6 rings (SSSR count). The molecule has 1 fully saturated rings. The quantitative estimate of drug-likeness (QED) is 0.395. The second-order valence-electron chi connectivity index (χ2n) is 11.6. The zero-order valence-electron chi connectivity index (χ0n) is 25.5. The topological polar surface area (TPSA) is 74.2 Å². The van der Waals surface area contributed by atoms with E-state index in [4.69, 9.17) is 33.4 Å². The van der Waals surface area contributed by atoms with Gasteiger partial charge in [-0.25, -0.2) is 0 Å². The van der Waals surface area contributed by atoms with Crippen LogP contribution >= 0.6 is 0 Å². The van der Waals surface area contributed by atoms with Crippen molar-refractivity contribution in [2.45, 2.75) is 25.0 Å². The molecular formula is C34H43N3O6. The molecule has 230 valence electrons. The molecule has 1 atom stereocenters. The van der Waals surface area contributed by atoms with Crippen LogP contribution in [0.2, 0.25) is 0 Å². The molecule has 3 aromatic carbocycles. The van der Waals surface area contributed by atoms with Gasteiger partial charge in [0.25, 0.3) is 0 Å². The van der Waals surface area contributed by atoms with Gasteiger partial charge < -0.3 is 38.2 Å². The van der Waals surface area contributed by atoms with Crippen molar-refractivity contribution in [1.29, 1.82) is 0 Å². The summed E-state index contributed by atoms with van der Waals surface area (Å²) in [5.41, 5.74) is 3.25. The van der Waals surface area contributed by atoms with Crippen LogP contribution < -0.4 is 14.5 Å². The summed E-state index contributed by atoms with van der Waals surface area (Å²) in [6.45, 7) is 11.3. The standard InChI is InChI=1S/C34H43N3O6/c1-33(2)28-10-6-7-11-29(28)36(3)34(33)25-35-32-27-9-5-4-8-26(27)30(24-31(32)43-34)37-12-14-38-16-18-40-20-22-42-23-21-41-19-17-39-15-13-37/h4-11,24-25H,12-23H2,1-3H3. The van der Waals surface area contributed by atoms with Crippen molar-refractivity contribution in [2.24, 2.45) is 4.99 Å². The molecule has 0 aromatic heterocycles. The minimum absolute atomic E-state index is 0.330. The third-order valence-electron chi connectivity index (χ3n) is 8.77. The van der Waals surface area contributed by atoms with Gasteiger partial charge in [-0.05, 0) is 25.5 Å². The SMILES string of the molecule is CN1c2ccccc2C(C)(C)C12C=Nc1c(cc(N3CCOCCOCCOCCOCCOCC3)c3ccccc13)O2. The molecule has 3 heterocycles. The van der Waals surface area contributed by atoms with Crippen LogP contribution in [-0.2, 0) is 29.1 Å². The zero-order valence-corrected chi connectivity index (χ0v) is 25.5. The summed E-state index contributed by atoms with van der Waals surface area (Å²) in [4.78, 5) is 9.66. The number of fused-ring (bicyclic) bond motifs is 4. The summed E-state index contributed by atoms with van der Waals surface area (Å²) in [6.07, 6.45) is 2.00. The van der Waals surface area contributed by atoms with Crippen LogP contribution in [0.3, 0.4) is 0 Å². The van der Waals surface area contributed by atoms with Gasteiger partial charge in [-0.1, -0.05) is 42.5 Å². The summed E-state index contributed by atoms with van der Waals surface area (Å²) in [5.74, 6) is 0.772. The molecule has 3 aromatic rings. The molecule has 3 aliphatic rings. The van der Waals surface area contributed by atoms with Crippen molar-refractivity contribution in [3.63, 3.8) is 0 Å². The Bertz CT molecular complexity index is 1410. The Hall–Kier alpha value is -3.21. The normalized spacial score (nSPS) is 23.8. The number of anilines is 2. The fourth-order valence-electron chi connectivity index (χ4n) is 6.35. The predicted octanol–water partition coefficient (Wildman–Crippen LogP) is 4.96. The fraction of sp³-hybridized carbons (Fsp3) is 0.500. The van der Waals surface area contributed by atoms with Gasteiger partial charge in [0.1, 0.15) is 5.69 Å². The van der Waals surface area contributed by atoms with Crippen molar-refractivity contribution in [2.75, 3.05) is 96.0 Å². The molecular weight excluding hydrogens is 546 g/mol. The van der Waals surface area contributed by atoms with E-state index in [9.17, 15) is 0 Å². The number of benzene rings is 3. The van der Waals surface area contributed by atoms with Crippen LogP contribution in [0.25, 0.3) is 10.8 Å². The van der Waals surface area contributed by atoms with Gasteiger partial charge >= 0.3 is 0 Å². The molecule has 0 radical (unpaired) electrons. The van der Waals surface area contributed by atoms with E-state index in [0.717, 1.165) is 33.6 Å². The van der Waals surface area contributed by atoms with Crippen LogP contribution in [0.1, 0.15) is 19.4 Å². The molecule has 1 spiro atoms. The third-order valence-corrected chi connectivity index (χ3v) is 8.77. The van der Waals surface area contributed by atoms with Gasteiger partial charge in [0.15, 0.2) is 5.75 Å². The smallest absolute Gasteiger partial charge is 0.228 e. The zero-order chi connectivity index (χ0) is 29.7. The molecule has 0 amide bonds. The lowest BCUT2D eigenvalue weighted by atomic mass is 9.77. The van der Waals surface area contributed by atoms with E-state index >= 15 is 0 Å². The maximum absolute atomic E-state index is 7.09. The fourth-order valence-corrected chi connectivity index (χ4v) is 6.35. The Kier molecular flexibility index (Phi) is 9.16. The number of hydrogen-bond acceptors (Lipinski definition) is 9. The predicted molar refractivity (Wildman–Crippen MR) is 170 cm³/mol. The van der Waals surface area contributed by atoms with Crippen molar-refractivity contribution < 1.29 is 28.4 Å². The highest BCUT2D eigenvalue weighted by Gasteiger charge is 2.58. The van der Waals surface area contributed by atoms with E-state index in [1.165, 1.54) is 5.56 Å². The monoisotopic (exact) mass is 589 g/mol. The third kappa shape index (κ3) is 5.84. The maximum atomic E-state index is 7.09. The lowest BCUT2D eigenvalue weighted by molar-refractivity contribution is -0.0116. The van der Waals surface area contributed by atoms with Gasteiger partial charge in [-0.2, -0.15) is 0 Å². The molecule has 9 heteroatoms. The highest BCUT2D eigenvalue weighted by molar-refractivity contribution is 6.06. The molecule has 0 bridgehead atoms. The molecule has 0 N–H and O–H groups in total. The lowest BCUT2D eigenvalue weighted by Crippen LogP contribution is -2.61. The van der Waals surface area contributed by atoms with E-state index in [0.29, 0.717) is 79.2 Å². The molecule has 43 heavy (non-hydrogen) atoms. The first-order valence-electron chi connectivity index (χ1n) is 15.3. The van der Waals surface area contributed by atoms with E-state index in [1.54, 1.807) is 0 Å². The molecule has 1 unspecified atom stereocenters. The van der Waals surface area contributed by atoms with Gasteiger partial charge in [0.05, 0.1) is 77.7 Å². The van der Waals surface area contributed by atoms with Crippen molar-refractivity contribution in [3.05, 3.63) is 60.2 Å². The van der Waals surface area contributed by atoms with Gasteiger partial charge in [0.2, 0.25) is 5.72 Å². The summed E-state index contributed by atoms with van der Waals surface area (Å²) in [7, 11) is 2.09. The van der Waals surface area contributed by atoms with Crippen LogP contribution in [-0.4, -0.2) is 98.1 Å². The van der Waals surface area contributed by atoms with Gasteiger partial charge in [0, 0.05) is 48.4 Å². The van der Waals surface area contributed by atoms with Crippen LogP contribution in [0.4, 0.5) is 17.1 Å². The lowest BCUT2D eigenvalue weighted by Gasteiger charge is -2.45. The largest absolute Gasteiger partial charge is 0.459 e. The summed E-state index contributed by atoms with van der Waals surface area (Å²) >= 11 is 0. The van der Waals surface area contributed by atoms with Crippen molar-refractivity contribution >= 4 is 34.0 Å². The number of aliphatic imine (C=N–C) groups is 1. The second kappa shape index (κ2) is 13.2. The first-order chi connectivity index (χ1) is 21.0. The van der Waals surface area contributed by atoms with E-state index in [2.05, 4.69) is 85.3 Å². The molecule has 3 aliphatic heterocycles. The van der Waals surface area contributed by atoms with Crippen molar-refractivity contribution in [1.82, 2.24) is 0 Å². The van der Waals surface area contributed by atoms with E-state index in [1.807, 2.05) is 6.21 Å². The number of ether oxygens (including phenoxy) is 6. The molecule has 0 saturated carbocycles. The van der Waals surface area contributed by atoms with Crippen LogP contribution in [0.15, 0.2) is 59.6 Å². The average Bonchev–Trinajstić information content (AvgIpc) is 3.18. The van der Waals surface area contributed by atoms with Crippen LogP contribution in [0, 0.1) is 0 Å². The number of nitrogens with zero attached hydrogens (tertiary/aromatic N) is 3. The molecule has 0 aliphatic carbocycles. The minimum atomic E-state index is -0.756. The summed E-state index contributed by atoms with van der Waals surface area (Å²) < 4.78 is 35.9. The highest BCUT2D eigenvalue weighted by atomic mass is 16.6.